The largest absolute Gasteiger partial charge is 0.396 e. The quantitative estimate of drug-likeness (QED) is 0.248. The molecule has 0 aliphatic rings. The van der Waals surface area contributed by atoms with Crippen molar-refractivity contribution in [3.8, 4) is 0 Å². The van der Waals surface area contributed by atoms with Gasteiger partial charge in [-0.1, -0.05) is 115 Å². The summed E-state index contributed by atoms with van der Waals surface area (Å²) < 4.78 is 0. The van der Waals surface area contributed by atoms with Gasteiger partial charge < -0.3 is 11.5 Å². The van der Waals surface area contributed by atoms with Crippen LogP contribution in [-0.2, 0) is 17.6 Å². The van der Waals surface area contributed by atoms with Crippen LogP contribution in [0.5, 0.6) is 0 Å². The summed E-state index contributed by atoms with van der Waals surface area (Å²) in [7, 11) is 0. The number of aryl methyl sites for hydroxylation is 1. The molecule has 0 spiro atoms. The summed E-state index contributed by atoms with van der Waals surface area (Å²) in [6.07, 6.45) is 6.51. The van der Waals surface area contributed by atoms with Crippen molar-refractivity contribution < 1.29 is 4.79 Å². The SMILES string of the molecule is C=C=C(N)CCc1ccccc1.C=CC(Cc1ccccc1)CC(C)C.CC.CC.NC=O. The lowest BCUT2D eigenvalue weighted by atomic mass is 9.91. The first-order valence-corrected chi connectivity index (χ1v) is 12.0. The number of carbonyl (C=O) groups is 1. The molecular formula is C30H48N2O. The zero-order valence-electron chi connectivity index (χ0n) is 21.9. The maximum absolute atomic E-state index is 8.58. The number of benzene rings is 2. The second-order valence-electron chi connectivity index (χ2n) is 7.14. The minimum Gasteiger partial charge on any atom is -0.396 e. The van der Waals surface area contributed by atoms with Crippen LogP contribution in [0.25, 0.3) is 0 Å². The topological polar surface area (TPSA) is 69.1 Å². The average molecular weight is 453 g/mol. The van der Waals surface area contributed by atoms with Gasteiger partial charge in [0.2, 0.25) is 6.41 Å². The number of nitrogens with two attached hydrogens (primary N) is 2. The minimum atomic E-state index is 0.250. The molecule has 2 aromatic carbocycles. The van der Waals surface area contributed by atoms with E-state index in [0.29, 0.717) is 5.92 Å². The van der Waals surface area contributed by atoms with Gasteiger partial charge in [-0.3, -0.25) is 4.79 Å². The van der Waals surface area contributed by atoms with E-state index in [9.17, 15) is 0 Å². The van der Waals surface area contributed by atoms with Crippen LogP contribution in [0.15, 0.2) is 91.3 Å². The van der Waals surface area contributed by atoms with Crippen LogP contribution in [0, 0.1) is 11.8 Å². The van der Waals surface area contributed by atoms with Gasteiger partial charge in [-0.15, -0.1) is 12.3 Å². The molecule has 2 rings (SSSR count). The van der Waals surface area contributed by atoms with E-state index >= 15 is 0 Å². The second-order valence-corrected chi connectivity index (χ2v) is 7.14. The maximum atomic E-state index is 8.58. The van der Waals surface area contributed by atoms with Gasteiger partial charge in [-0.05, 0) is 48.6 Å². The Morgan fingerprint density at radius 3 is 1.73 bits per heavy atom. The highest BCUT2D eigenvalue weighted by molar-refractivity contribution is 5.42. The molecular weight excluding hydrogens is 404 g/mol. The van der Waals surface area contributed by atoms with Gasteiger partial charge in [0, 0.05) is 0 Å². The lowest BCUT2D eigenvalue weighted by Crippen LogP contribution is -2.04. The Balaban J connectivity index is -0.000000432. The predicted molar refractivity (Wildman–Crippen MR) is 148 cm³/mol. The number of carbonyl (C=O) groups excluding carboxylic acids is 1. The zero-order valence-corrected chi connectivity index (χ0v) is 21.9. The molecule has 0 saturated carbocycles. The molecule has 1 atom stereocenters. The van der Waals surface area contributed by atoms with E-state index in [1.54, 1.807) is 0 Å². The lowest BCUT2D eigenvalue weighted by Gasteiger charge is -2.14. The van der Waals surface area contributed by atoms with E-state index in [4.69, 9.17) is 10.5 Å². The van der Waals surface area contributed by atoms with Crippen LogP contribution in [0.3, 0.4) is 0 Å². The number of amides is 1. The van der Waals surface area contributed by atoms with Crippen LogP contribution in [0.2, 0.25) is 0 Å². The van der Waals surface area contributed by atoms with Gasteiger partial charge in [-0.2, -0.15) is 0 Å². The van der Waals surface area contributed by atoms with Crippen molar-refractivity contribution in [2.24, 2.45) is 23.3 Å². The number of hydrogen-bond donors (Lipinski definition) is 2. The molecule has 0 fully saturated rings. The van der Waals surface area contributed by atoms with E-state index in [0.717, 1.165) is 30.9 Å². The third-order valence-corrected chi connectivity index (χ3v) is 4.20. The Morgan fingerprint density at radius 2 is 1.36 bits per heavy atom. The predicted octanol–water partition coefficient (Wildman–Crippen LogP) is 7.48. The summed E-state index contributed by atoms with van der Waals surface area (Å²) in [5, 5.41) is 0. The molecule has 0 saturated heterocycles. The Morgan fingerprint density at radius 1 is 0.939 bits per heavy atom. The highest BCUT2D eigenvalue weighted by Gasteiger charge is 2.07. The van der Waals surface area contributed by atoms with Crippen LogP contribution < -0.4 is 11.5 Å². The number of rotatable bonds is 8. The summed E-state index contributed by atoms with van der Waals surface area (Å²) in [6.45, 7) is 19.9. The highest BCUT2D eigenvalue weighted by Crippen LogP contribution is 2.17. The van der Waals surface area contributed by atoms with Crippen LogP contribution in [0.1, 0.15) is 65.5 Å². The first kappa shape index (κ1) is 34.6. The molecule has 0 bridgehead atoms. The number of primary amides is 1. The fourth-order valence-corrected chi connectivity index (χ4v) is 2.80. The molecule has 3 nitrogen and oxygen atoms in total. The van der Waals surface area contributed by atoms with Crippen molar-refractivity contribution in [1.29, 1.82) is 0 Å². The molecule has 184 valence electrons. The summed E-state index contributed by atoms with van der Waals surface area (Å²) in [4.78, 5) is 8.58. The van der Waals surface area contributed by atoms with Gasteiger partial charge >= 0.3 is 0 Å². The molecule has 0 radical (unpaired) electrons. The second kappa shape index (κ2) is 27.0. The normalized spacial score (nSPS) is 9.42. The van der Waals surface area contributed by atoms with Gasteiger partial charge in [0.15, 0.2) is 0 Å². The van der Waals surface area contributed by atoms with Gasteiger partial charge in [0.05, 0.1) is 5.70 Å². The lowest BCUT2D eigenvalue weighted by molar-refractivity contribution is -0.106. The van der Waals surface area contributed by atoms with Gasteiger partial charge in [0.25, 0.3) is 0 Å². The molecule has 3 heteroatoms. The van der Waals surface area contributed by atoms with Crippen molar-refractivity contribution in [2.45, 2.75) is 67.2 Å². The van der Waals surface area contributed by atoms with Crippen molar-refractivity contribution in [3.05, 3.63) is 102 Å². The van der Waals surface area contributed by atoms with E-state index < -0.39 is 0 Å². The first-order valence-electron chi connectivity index (χ1n) is 12.0. The van der Waals surface area contributed by atoms with E-state index in [1.165, 1.54) is 17.5 Å². The van der Waals surface area contributed by atoms with Crippen molar-refractivity contribution >= 4 is 6.41 Å². The van der Waals surface area contributed by atoms with E-state index in [2.05, 4.69) is 87.0 Å². The minimum absolute atomic E-state index is 0.250. The highest BCUT2D eigenvalue weighted by atomic mass is 16.1. The molecule has 4 N–H and O–H groups in total. The van der Waals surface area contributed by atoms with E-state index in [1.807, 2.05) is 45.9 Å². The Bertz CT molecular complexity index is 717. The summed E-state index contributed by atoms with van der Waals surface area (Å²) in [5.41, 5.74) is 15.9. The molecule has 1 unspecified atom stereocenters. The Kier molecular flexibility index (Phi) is 28.3. The molecule has 2 aromatic rings. The van der Waals surface area contributed by atoms with Crippen LogP contribution in [-0.4, -0.2) is 6.41 Å². The van der Waals surface area contributed by atoms with Crippen molar-refractivity contribution in [1.82, 2.24) is 0 Å². The fraction of sp³-hybridized carbons (Fsp3) is 0.400. The first-order chi connectivity index (χ1) is 16.0. The van der Waals surface area contributed by atoms with Crippen LogP contribution >= 0.6 is 0 Å². The maximum Gasteiger partial charge on any atom is 0.204 e. The van der Waals surface area contributed by atoms with Crippen molar-refractivity contribution in [2.75, 3.05) is 0 Å². The molecule has 33 heavy (non-hydrogen) atoms. The molecule has 1 amide bonds. The summed E-state index contributed by atoms with van der Waals surface area (Å²) in [6, 6.07) is 20.9. The number of hydrogen-bond acceptors (Lipinski definition) is 2. The van der Waals surface area contributed by atoms with E-state index in [-0.39, 0.29) is 6.41 Å². The fourth-order valence-electron chi connectivity index (χ4n) is 2.80. The molecule has 0 heterocycles. The molecule has 0 aromatic heterocycles. The third kappa shape index (κ3) is 23.5. The smallest absolute Gasteiger partial charge is 0.204 e. The Hall–Kier alpha value is -3.03. The van der Waals surface area contributed by atoms with Crippen LogP contribution in [0.4, 0.5) is 0 Å². The average Bonchev–Trinajstić information content (AvgIpc) is 2.86. The molecule has 0 aliphatic heterocycles. The summed E-state index contributed by atoms with van der Waals surface area (Å²) >= 11 is 0. The zero-order chi connectivity index (χ0) is 25.9. The van der Waals surface area contributed by atoms with Gasteiger partial charge in [0.1, 0.15) is 0 Å². The molecule has 0 aliphatic carbocycles. The van der Waals surface area contributed by atoms with Gasteiger partial charge in [-0.25, -0.2) is 0 Å². The third-order valence-electron chi connectivity index (χ3n) is 4.20. The monoisotopic (exact) mass is 452 g/mol. The Labute approximate surface area is 204 Å². The van der Waals surface area contributed by atoms with Crippen molar-refractivity contribution in [3.63, 3.8) is 0 Å². The summed E-state index contributed by atoms with van der Waals surface area (Å²) in [5.74, 6) is 1.37. The standard InChI is InChI=1S/C14H20.C11H13N.2C2H6.CH3NO/c1-4-13(10-12(2)3)11-14-8-6-5-7-9-14;1-2-11(12)9-8-10-6-4-3-5-7-10;2*1-2;2-1-3/h4-9,12-13H,1,10-11H2,2-3H3;3-7H,1,8-9,12H2;2*1-2H3;1H,(H2,2,3). The number of allylic oxidation sites excluding steroid dienone is 2.